The van der Waals surface area contributed by atoms with E-state index in [1.807, 2.05) is 13.8 Å². The van der Waals surface area contributed by atoms with Gasteiger partial charge in [0.05, 0.1) is 21.8 Å². The Morgan fingerprint density at radius 3 is 2.15 bits per heavy atom. The number of nitrogens with one attached hydrogen (secondary N) is 1. The van der Waals surface area contributed by atoms with E-state index in [1.54, 1.807) is 42.5 Å². The SMILES string of the molecule is CC(=O)N(CC(=O)Nc1ccc(OC(C)C)cc1)c1c(Cl)cccc1Cl. The molecule has 0 saturated heterocycles. The largest absolute Gasteiger partial charge is 0.491 e. The van der Waals surface area contributed by atoms with Crippen molar-refractivity contribution in [1.29, 1.82) is 0 Å². The minimum absolute atomic E-state index is 0.0694. The van der Waals surface area contributed by atoms with Gasteiger partial charge in [-0.3, -0.25) is 9.59 Å². The summed E-state index contributed by atoms with van der Waals surface area (Å²) < 4.78 is 5.56. The van der Waals surface area contributed by atoms with Gasteiger partial charge in [0.2, 0.25) is 11.8 Å². The van der Waals surface area contributed by atoms with Gasteiger partial charge in [0, 0.05) is 12.6 Å². The first-order valence-corrected chi connectivity index (χ1v) is 8.82. The van der Waals surface area contributed by atoms with E-state index in [0.29, 0.717) is 27.2 Å². The molecule has 5 nitrogen and oxygen atoms in total. The van der Waals surface area contributed by atoms with E-state index in [1.165, 1.54) is 11.8 Å². The lowest BCUT2D eigenvalue weighted by Crippen LogP contribution is -2.37. The molecule has 0 aliphatic heterocycles. The molecule has 2 aromatic carbocycles. The van der Waals surface area contributed by atoms with Crippen molar-refractivity contribution in [3.63, 3.8) is 0 Å². The topological polar surface area (TPSA) is 58.6 Å². The van der Waals surface area contributed by atoms with Crippen LogP contribution in [0, 0.1) is 0 Å². The van der Waals surface area contributed by atoms with Gasteiger partial charge in [-0.2, -0.15) is 0 Å². The maximum Gasteiger partial charge on any atom is 0.244 e. The third-order valence-corrected chi connectivity index (χ3v) is 4.01. The standard InChI is InChI=1S/C19H20Cl2N2O3/c1-12(2)26-15-9-7-14(8-10-15)22-18(25)11-23(13(3)24)19-16(20)5-4-6-17(19)21/h4-10,12H,11H2,1-3H3,(H,22,25). The zero-order valence-corrected chi connectivity index (χ0v) is 16.3. The highest BCUT2D eigenvalue weighted by Gasteiger charge is 2.21. The molecule has 2 aromatic rings. The predicted molar refractivity (Wildman–Crippen MR) is 105 cm³/mol. The molecular formula is C19H20Cl2N2O3. The van der Waals surface area contributed by atoms with Crippen LogP contribution in [0.15, 0.2) is 42.5 Å². The molecule has 2 rings (SSSR count). The Hall–Kier alpha value is -2.24. The van der Waals surface area contributed by atoms with Crippen LogP contribution in [0.4, 0.5) is 11.4 Å². The lowest BCUT2D eigenvalue weighted by atomic mass is 10.2. The van der Waals surface area contributed by atoms with E-state index in [4.69, 9.17) is 27.9 Å². The average Bonchev–Trinajstić information content (AvgIpc) is 2.55. The van der Waals surface area contributed by atoms with Crippen LogP contribution in [-0.4, -0.2) is 24.5 Å². The average molecular weight is 395 g/mol. The summed E-state index contributed by atoms with van der Waals surface area (Å²) in [5.41, 5.74) is 0.916. The molecule has 26 heavy (non-hydrogen) atoms. The third-order valence-electron chi connectivity index (χ3n) is 3.40. The fourth-order valence-electron chi connectivity index (χ4n) is 2.33. The minimum atomic E-state index is -0.367. The van der Waals surface area contributed by atoms with E-state index >= 15 is 0 Å². The molecule has 0 radical (unpaired) electrons. The van der Waals surface area contributed by atoms with Crippen molar-refractivity contribution in [3.8, 4) is 5.75 Å². The molecule has 0 heterocycles. The van der Waals surface area contributed by atoms with Crippen LogP contribution in [0.25, 0.3) is 0 Å². The smallest absolute Gasteiger partial charge is 0.244 e. The van der Waals surface area contributed by atoms with E-state index in [9.17, 15) is 9.59 Å². The number of hydrogen-bond acceptors (Lipinski definition) is 3. The summed E-state index contributed by atoms with van der Waals surface area (Å²) in [7, 11) is 0. The maximum absolute atomic E-state index is 12.4. The van der Waals surface area contributed by atoms with Gasteiger partial charge in [-0.25, -0.2) is 0 Å². The monoisotopic (exact) mass is 394 g/mol. The highest BCUT2D eigenvalue weighted by atomic mass is 35.5. The van der Waals surface area contributed by atoms with Crippen molar-refractivity contribution < 1.29 is 14.3 Å². The van der Waals surface area contributed by atoms with Gasteiger partial charge in [-0.05, 0) is 50.2 Å². The molecular weight excluding hydrogens is 375 g/mol. The predicted octanol–water partition coefficient (Wildman–Crippen LogP) is 4.77. The molecule has 0 unspecified atom stereocenters. The highest BCUT2D eigenvalue weighted by molar-refractivity contribution is 6.40. The Balaban J connectivity index is 2.10. The first-order chi connectivity index (χ1) is 12.3. The number of anilines is 2. The Labute approximate surface area is 162 Å². The molecule has 0 aromatic heterocycles. The summed E-state index contributed by atoms with van der Waals surface area (Å²) >= 11 is 12.3. The van der Waals surface area contributed by atoms with Crippen molar-refractivity contribution in [2.24, 2.45) is 0 Å². The van der Waals surface area contributed by atoms with Crippen molar-refractivity contribution in [1.82, 2.24) is 0 Å². The van der Waals surface area contributed by atoms with Gasteiger partial charge in [-0.1, -0.05) is 29.3 Å². The van der Waals surface area contributed by atoms with Gasteiger partial charge in [0.15, 0.2) is 0 Å². The number of nitrogens with zero attached hydrogens (tertiary/aromatic N) is 1. The van der Waals surface area contributed by atoms with Crippen LogP contribution >= 0.6 is 23.2 Å². The molecule has 7 heteroatoms. The number of carbonyl (C=O) groups is 2. The van der Waals surface area contributed by atoms with Crippen molar-refractivity contribution in [2.45, 2.75) is 26.9 Å². The Morgan fingerprint density at radius 2 is 1.65 bits per heavy atom. The van der Waals surface area contributed by atoms with Crippen LogP contribution in [0.5, 0.6) is 5.75 Å². The molecule has 0 atom stereocenters. The zero-order chi connectivity index (χ0) is 19.3. The number of para-hydroxylation sites is 1. The number of rotatable bonds is 6. The van der Waals surface area contributed by atoms with Gasteiger partial charge in [0.1, 0.15) is 12.3 Å². The Bertz CT molecular complexity index is 772. The van der Waals surface area contributed by atoms with E-state index < -0.39 is 0 Å². The molecule has 138 valence electrons. The second-order valence-electron chi connectivity index (χ2n) is 5.91. The number of benzene rings is 2. The first-order valence-electron chi connectivity index (χ1n) is 8.06. The lowest BCUT2D eigenvalue weighted by molar-refractivity contribution is -0.120. The van der Waals surface area contributed by atoms with Crippen LogP contribution in [0.1, 0.15) is 20.8 Å². The summed E-state index contributed by atoms with van der Waals surface area (Å²) in [6.45, 7) is 5.02. The molecule has 0 aliphatic carbocycles. The van der Waals surface area contributed by atoms with Crippen LogP contribution in [0.2, 0.25) is 10.0 Å². The number of carbonyl (C=O) groups excluding carboxylic acids is 2. The summed E-state index contributed by atoms with van der Waals surface area (Å²) in [6.07, 6.45) is 0.0694. The zero-order valence-electron chi connectivity index (χ0n) is 14.8. The fraction of sp³-hybridized carbons (Fsp3) is 0.263. The summed E-state index contributed by atoms with van der Waals surface area (Å²) in [4.78, 5) is 25.6. The second kappa shape index (κ2) is 8.92. The van der Waals surface area contributed by atoms with Gasteiger partial charge in [0.25, 0.3) is 0 Å². The number of hydrogen-bond donors (Lipinski definition) is 1. The van der Waals surface area contributed by atoms with Crippen molar-refractivity contribution in [2.75, 3.05) is 16.8 Å². The second-order valence-corrected chi connectivity index (χ2v) is 6.73. The summed E-state index contributed by atoms with van der Waals surface area (Å²) in [5, 5.41) is 3.35. The molecule has 2 amide bonds. The third kappa shape index (κ3) is 5.38. The number of ether oxygens (including phenoxy) is 1. The molecule has 1 N–H and O–H groups in total. The fourth-order valence-corrected chi connectivity index (χ4v) is 2.93. The van der Waals surface area contributed by atoms with E-state index in [-0.39, 0.29) is 24.5 Å². The molecule has 0 spiro atoms. The quantitative estimate of drug-likeness (QED) is 0.767. The van der Waals surface area contributed by atoms with Gasteiger partial charge >= 0.3 is 0 Å². The van der Waals surface area contributed by atoms with Crippen molar-refractivity contribution in [3.05, 3.63) is 52.5 Å². The van der Waals surface area contributed by atoms with Gasteiger partial charge < -0.3 is 15.0 Å². The minimum Gasteiger partial charge on any atom is -0.491 e. The Kier molecular flexibility index (Phi) is 6.89. The number of amides is 2. The molecule has 0 bridgehead atoms. The highest BCUT2D eigenvalue weighted by Crippen LogP contribution is 2.33. The van der Waals surface area contributed by atoms with Crippen LogP contribution < -0.4 is 15.0 Å². The van der Waals surface area contributed by atoms with Gasteiger partial charge in [-0.15, -0.1) is 0 Å². The molecule has 0 aliphatic rings. The van der Waals surface area contributed by atoms with E-state index in [0.717, 1.165) is 0 Å². The lowest BCUT2D eigenvalue weighted by Gasteiger charge is -2.23. The normalized spacial score (nSPS) is 10.5. The summed E-state index contributed by atoms with van der Waals surface area (Å²) in [6, 6.07) is 11.9. The van der Waals surface area contributed by atoms with E-state index in [2.05, 4.69) is 5.32 Å². The Morgan fingerprint density at radius 1 is 1.08 bits per heavy atom. The summed E-state index contributed by atoms with van der Waals surface area (Å²) in [5.74, 6) is 0.00996. The first kappa shape index (κ1) is 20.1. The van der Waals surface area contributed by atoms with Crippen LogP contribution in [-0.2, 0) is 9.59 Å². The maximum atomic E-state index is 12.4. The number of halogens is 2. The van der Waals surface area contributed by atoms with Crippen molar-refractivity contribution >= 4 is 46.4 Å². The van der Waals surface area contributed by atoms with Crippen LogP contribution in [0.3, 0.4) is 0 Å². The molecule has 0 saturated carbocycles. The molecule has 0 fully saturated rings.